The normalized spacial score (nSPS) is 28.5. The molecule has 2 N–H and O–H groups in total. The molecule has 14 heavy (non-hydrogen) atoms. The van der Waals surface area contributed by atoms with Gasteiger partial charge >= 0.3 is 6.09 Å². The number of ether oxygens (including phenoxy) is 1. The summed E-state index contributed by atoms with van der Waals surface area (Å²) in [5.41, 5.74) is 5.46. The molecule has 1 saturated carbocycles. The third-order valence-electron chi connectivity index (χ3n) is 3.17. The Morgan fingerprint density at radius 3 is 2.71 bits per heavy atom. The van der Waals surface area contributed by atoms with Crippen LogP contribution in [-0.2, 0) is 4.74 Å². The van der Waals surface area contributed by atoms with Gasteiger partial charge in [0.1, 0.15) is 6.10 Å². The van der Waals surface area contributed by atoms with E-state index in [0.717, 1.165) is 6.54 Å². The molecule has 0 bridgehead atoms. The van der Waals surface area contributed by atoms with Crippen molar-refractivity contribution in [3.05, 3.63) is 0 Å². The lowest BCUT2D eigenvalue weighted by atomic mass is 10.1. The minimum Gasteiger partial charge on any atom is -0.443 e. The van der Waals surface area contributed by atoms with Gasteiger partial charge in [-0.1, -0.05) is 12.8 Å². The van der Waals surface area contributed by atoms with Crippen molar-refractivity contribution in [3.8, 4) is 0 Å². The van der Waals surface area contributed by atoms with Gasteiger partial charge in [-0.2, -0.15) is 0 Å². The second-order valence-electron chi connectivity index (χ2n) is 4.30. The smallest absolute Gasteiger partial charge is 0.410 e. The van der Waals surface area contributed by atoms with E-state index in [1.165, 1.54) is 25.7 Å². The molecule has 0 aromatic carbocycles. The summed E-state index contributed by atoms with van der Waals surface area (Å²) in [5, 5.41) is 0. The molecular weight excluding hydrogens is 180 g/mol. The Labute approximate surface area is 84.4 Å². The lowest BCUT2D eigenvalue weighted by molar-refractivity contribution is 0.133. The summed E-state index contributed by atoms with van der Waals surface area (Å²) in [5.74, 6) is 0.694. The molecule has 1 heterocycles. The maximum atomic E-state index is 11.4. The summed E-state index contributed by atoms with van der Waals surface area (Å²) in [6, 6.07) is 0. The van der Waals surface area contributed by atoms with Gasteiger partial charge in [0, 0.05) is 13.1 Å². The zero-order valence-electron chi connectivity index (χ0n) is 8.45. The molecular formula is C10H18N2O2. The molecule has 0 aromatic heterocycles. The highest BCUT2D eigenvalue weighted by molar-refractivity contribution is 5.69. The Balaban J connectivity index is 1.82. The Morgan fingerprint density at radius 2 is 2.14 bits per heavy atom. The lowest BCUT2D eigenvalue weighted by Crippen LogP contribution is -2.31. The Hall–Kier alpha value is -0.770. The van der Waals surface area contributed by atoms with Crippen LogP contribution in [0.4, 0.5) is 4.79 Å². The summed E-state index contributed by atoms with van der Waals surface area (Å²) in [7, 11) is 0. The van der Waals surface area contributed by atoms with Gasteiger partial charge in [-0.25, -0.2) is 4.79 Å². The Kier molecular flexibility index (Phi) is 2.91. The van der Waals surface area contributed by atoms with Crippen molar-refractivity contribution in [1.82, 2.24) is 4.90 Å². The number of hydrogen-bond donors (Lipinski definition) is 1. The topological polar surface area (TPSA) is 55.6 Å². The zero-order valence-corrected chi connectivity index (χ0v) is 8.45. The van der Waals surface area contributed by atoms with E-state index in [9.17, 15) is 4.79 Å². The molecule has 1 aliphatic heterocycles. The number of carbonyl (C=O) groups is 1. The summed E-state index contributed by atoms with van der Waals surface area (Å²) < 4.78 is 5.10. The number of nitrogens with zero attached hydrogens (tertiary/aromatic N) is 1. The molecule has 2 aliphatic rings. The predicted octanol–water partition coefficient (Wildman–Crippen LogP) is 0.956. The lowest BCUT2D eigenvalue weighted by Gasteiger charge is -2.17. The monoisotopic (exact) mass is 198 g/mol. The van der Waals surface area contributed by atoms with Crippen molar-refractivity contribution in [2.75, 3.05) is 19.6 Å². The third kappa shape index (κ3) is 2.00. The van der Waals surface area contributed by atoms with Crippen LogP contribution in [0, 0.1) is 5.92 Å². The minimum absolute atomic E-state index is 0.0797. The number of rotatable bonds is 3. The van der Waals surface area contributed by atoms with Gasteiger partial charge in [0.05, 0.1) is 6.54 Å². The fraction of sp³-hybridized carbons (Fsp3) is 0.900. The highest BCUT2D eigenvalue weighted by Crippen LogP contribution is 2.26. The Bertz CT molecular complexity index is 214. The summed E-state index contributed by atoms with van der Waals surface area (Å²) in [4.78, 5) is 13.2. The molecule has 0 radical (unpaired) electrons. The van der Waals surface area contributed by atoms with Gasteiger partial charge in [-0.15, -0.1) is 0 Å². The highest BCUT2D eigenvalue weighted by atomic mass is 16.6. The van der Waals surface area contributed by atoms with Crippen LogP contribution in [0.5, 0.6) is 0 Å². The fourth-order valence-electron chi connectivity index (χ4n) is 2.35. The predicted molar refractivity (Wildman–Crippen MR) is 52.9 cm³/mol. The van der Waals surface area contributed by atoms with Crippen molar-refractivity contribution in [1.29, 1.82) is 0 Å². The fourth-order valence-corrected chi connectivity index (χ4v) is 2.35. The van der Waals surface area contributed by atoms with Gasteiger partial charge in [0.25, 0.3) is 0 Å². The first-order chi connectivity index (χ1) is 6.79. The van der Waals surface area contributed by atoms with Crippen molar-refractivity contribution < 1.29 is 9.53 Å². The van der Waals surface area contributed by atoms with Crippen molar-refractivity contribution >= 4 is 6.09 Å². The van der Waals surface area contributed by atoms with Crippen LogP contribution in [0.1, 0.15) is 25.7 Å². The number of hydrogen-bond acceptors (Lipinski definition) is 3. The number of nitrogens with two attached hydrogens (primary N) is 1. The van der Waals surface area contributed by atoms with Gasteiger partial charge in [-0.3, -0.25) is 0 Å². The molecule has 1 atom stereocenters. The van der Waals surface area contributed by atoms with Crippen LogP contribution < -0.4 is 5.73 Å². The number of carbonyl (C=O) groups excluding carboxylic acids is 1. The standard InChI is InChI=1S/C10H18N2O2/c11-5-9-7-12(10(13)14-9)6-8-3-1-2-4-8/h8-9H,1-7,11H2. The van der Waals surface area contributed by atoms with Crippen LogP contribution in [-0.4, -0.2) is 36.7 Å². The summed E-state index contributed by atoms with van der Waals surface area (Å²) >= 11 is 0. The van der Waals surface area contributed by atoms with E-state index in [4.69, 9.17) is 10.5 Å². The molecule has 2 rings (SSSR count). The van der Waals surface area contributed by atoms with E-state index >= 15 is 0 Å². The van der Waals surface area contributed by atoms with Gasteiger partial charge < -0.3 is 15.4 Å². The molecule has 2 fully saturated rings. The molecule has 1 unspecified atom stereocenters. The molecule has 1 aliphatic carbocycles. The first-order valence-corrected chi connectivity index (χ1v) is 5.45. The van der Waals surface area contributed by atoms with Crippen LogP contribution in [0.25, 0.3) is 0 Å². The maximum absolute atomic E-state index is 11.4. The Morgan fingerprint density at radius 1 is 1.43 bits per heavy atom. The highest BCUT2D eigenvalue weighted by Gasteiger charge is 2.32. The average molecular weight is 198 g/mol. The summed E-state index contributed by atoms with van der Waals surface area (Å²) in [6.45, 7) is 1.99. The minimum atomic E-state index is -0.174. The molecule has 80 valence electrons. The van der Waals surface area contributed by atoms with E-state index in [1.807, 2.05) is 4.90 Å². The molecule has 4 heteroatoms. The second-order valence-corrected chi connectivity index (χ2v) is 4.30. The van der Waals surface area contributed by atoms with E-state index in [2.05, 4.69) is 0 Å². The van der Waals surface area contributed by atoms with Crippen LogP contribution in [0.3, 0.4) is 0 Å². The zero-order chi connectivity index (χ0) is 9.97. The van der Waals surface area contributed by atoms with E-state index in [1.54, 1.807) is 0 Å². The number of cyclic esters (lactones) is 1. The molecule has 0 aromatic rings. The van der Waals surface area contributed by atoms with Crippen molar-refractivity contribution in [2.24, 2.45) is 11.7 Å². The average Bonchev–Trinajstić information content (AvgIpc) is 2.78. The van der Waals surface area contributed by atoms with E-state index < -0.39 is 0 Å². The van der Waals surface area contributed by atoms with Crippen LogP contribution in [0.2, 0.25) is 0 Å². The summed E-state index contributed by atoms with van der Waals surface area (Å²) in [6.07, 6.45) is 4.90. The molecule has 1 amide bonds. The van der Waals surface area contributed by atoms with Crippen molar-refractivity contribution in [2.45, 2.75) is 31.8 Å². The van der Waals surface area contributed by atoms with E-state index in [0.29, 0.717) is 19.0 Å². The van der Waals surface area contributed by atoms with Crippen LogP contribution in [0.15, 0.2) is 0 Å². The molecule has 0 spiro atoms. The van der Waals surface area contributed by atoms with Crippen molar-refractivity contribution in [3.63, 3.8) is 0 Å². The van der Waals surface area contributed by atoms with Gasteiger partial charge in [-0.05, 0) is 18.8 Å². The third-order valence-corrected chi connectivity index (χ3v) is 3.17. The first-order valence-electron chi connectivity index (χ1n) is 5.45. The molecule has 1 saturated heterocycles. The van der Waals surface area contributed by atoms with E-state index in [-0.39, 0.29) is 12.2 Å². The molecule has 4 nitrogen and oxygen atoms in total. The second kappa shape index (κ2) is 4.17. The van der Waals surface area contributed by atoms with Gasteiger partial charge in [0.15, 0.2) is 0 Å². The number of amides is 1. The van der Waals surface area contributed by atoms with Gasteiger partial charge in [0.2, 0.25) is 0 Å². The maximum Gasteiger partial charge on any atom is 0.410 e. The first kappa shape index (κ1) is 9.77. The largest absolute Gasteiger partial charge is 0.443 e. The van der Waals surface area contributed by atoms with Crippen LogP contribution >= 0.6 is 0 Å². The quantitative estimate of drug-likeness (QED) is 0.734. The SMILES string of the molecule is NCC1CN(CC2CCCC2)C(=O)O1.